The second-order valence-corrected chi connectivity index (χ2v) is 7.86. The minimum absolute atomic E-state index is 0.593. The molecule has 146 valence electrons. The van der Waals surface area contributed by atoms with E-state index in [2.05, 4.69) is 59.2 Å². The molecule has 0 saturated carbocycles. The molecule has 4 rings (SSSR count). The molecule has 0 amide bonds. The van der Waals surface area contributed by atoms with Gasteiger partial charge in [-0.25, -0.2) is 0 Å². The predicted molar refractivity (Wildman–Crippen MR) is 121 cm³/mol. The maximum absolute atomic E-state index is 6.22. The zero-order valence-corrected chi connectivity index (χ0v) is 17.6. The van der Waals surface area contributed by atoms with Crippen LogP contribution in [0.1, 0.15) is 5.56 Å². The van der Waals surface area contributed by atoms with Gasteiger partial charge in [0, 0.05) is 17.3 Å². The molecule has 3 aromatic carbocycles. The Morgan fingerprint density at radius 3 is 2.76 bits per heavy atom. The van der Waals surface area contributed by atoms with Crippen LogP contribution in [-0.4, -0.2) is 21.9 Å². The lowest BCUT2D eigenvalue weighted by atomic mass is 10.1. The molecule has 0 atom stereocenters. The number of thioether (sulfide) groups is 1. The Kier molecular flexibility index (Phi) is 5.88. The molecule has 0 bridgehead atoms. The average Bonchev–Trinajstić information content (AvgIpc) is 3.15. The molecular formula is C23H20ClN3OS. The van der Waals surface area contributed by atoms with Crippen LogP contribution in [0.15, 0.2) is 78.5 Å². The first-order chi connectivity index (χ1) is 14.2. The quantitative estimate of drug-likeness (QED) is 0.261. The maximum atomic E-state index is 6.22. The van der Waals surface area contributed by atoms with Gasteiger partial charge in [-0.1, -0.05) is 71.9 Å². The van der Waals surface area contributed by atoms with Crippen LogP contribution in [0.5, 0.6) is 5.75 Å². The van der Waals surface area contributed by atoms with E-state index in [1.807, 2.05) is 22.8 Å². The second-order valence-electron chi connectivity index (χ2n) is 6.48. The van der Waals surface area contributed by atoms with Crippen molar-refractivity contribution < 1.29 is 4.74 Å². The molecule has 0 radical (unpaired) electrons. The number of methoxy groups -OCH3 is 1. The minimum Gasteiger partial charge on any atom is -0.496 e. The number of halogens is 1. The summed E-state index contributed by atoms with van der Waals surface area (Å²) in [5.41, 5.74) is 2.08. The topological polar surface area (TPSA) is 39.9 Å². The third kappa shape index (κ3) is 4.02. The molecular weight excluding hydrogens is 402 g/mol. The Morgan fingerprint density at radius 1 is 1.10 bits per heavy atom. The fraction of sp³-hybridized carbons (Fsp3) is 0.130. The van der Waals surface area contributed by atoms with Gasteiger partial charge in [0.05, 0.1) is 12.7 Å². The molecule has 0 N–H and O–H groups in total. The average molecular weight is 422 g/mol. The van der Waals surface area contributed by atoms with E-state index in [0.29, 0.717) is 23.1 Å². The van der Waals surface area contributed by atoms with E-state index in [9.17, 15) is 0 Å². The highest BCUT2D eigenvalue weighted by Gasteiger charge is 2.18. The van der Waals surface area contributed by atoms with Crippen molar-refractivity contribution in [2.75, 3.05) is 7.11 Å². The van der Waals surface area contributed by atoms with Gasteiger partial charge in [0.25, 0.3) is 0 Å². The van der Waals surface area contributed by atoms with E-state index in [1.54, 1.807) is 24.9 Å². The van der Waals surface area contributed by atoms with Crippen LogP contribution in [0.2, 0.25) is 5.02 Å². The van der Waals surface area contributed by atoms with E-state index in [-0.39, 0.29) is 0 Å². The minimum atomic E-state index is 0.593. The number of hydrogen-bond acceptors (Lipinski definition) is 4. The fourth-order valence-corrected chi connectivity index (χ4v) is 4.43. The molecule has 6 heteroatoms. The van der Waals surface area contributed by atoms with Crippen LogP contribution in [0.3, 0.4) is 0 Å². The van der Waals surface area contributed by atoms with Crippen LogP contribution in [0.4, 0.5) is 0 Å². The Morgan fingerprint density at radius 2 is 1.93 bits per heavy atom. The monoisotopic (exact) mass is 421 g/mol. The van der Waals surface area contributed by atoms with Crippen LogP contribution in [0, 0.1) is 0 Å². The summed E-state index contributed by atoms with van der Waals surface area (Å²) >= 11 is 7.87. The third-order valence-corrected chi connectivity index (χ3v) is 5.92. The summed E-state index contributed by atoms with van der Waals surface area (Å²) in [6.07, 6.45) is 1.84. The molecule has 4 nitrogen and oxygen atoms in total. The highest BCUT2D eigenvalue weighted by molar-refractivity contribution is 7.98. The Bertz CT molecular complexity index is 1170. The number of rotatable bonds is 7. The van der Waals surface area contributed by atoms with Gasteiger partial charge in [-0.15, -0.1) is 16.8 Å². The molecule has 0 spiro atoms. The third-order valence-electron chi connectivity index (χ3n) is 4.67. The van der Waals surface area contributed by atoms with E-state index in [4.69, 9.17) is 16.3 Å². The van der Waals surface area contributed by atoms with Crippen molar-refractivity contribution in [3.8, 4) is 17.1 Å². The first-order valence-electron chi connectivity index (χ1n) is 9.18. The molecule has 1 aromatic heterocycles. The Labute approximate surface area is 179 Å². The number of hydrogen-bond donors (Lipinski definition) is 0. The van der Waals surface area contributed by atoms with Crippen LogP contribution < -0.4 is 4.74 Å². The van der Waals surface area contributed by atoms with Crippen LogP contribution in [-0.2, 0) is 12.3 Å². The van der Waals surface area contributed by atoms with E-state index in [1.165, 1.54) is 16.3 Å². The summed E-state index contributed by atoms with van der Waals surface area (Å²) in [7, 11) is 1.64. The fourth-order valence-electron chi connectivity index (χ4n) is 3.30. The first-order valence-corrected chi connectivity index (χ1v) is 10.5. The largest absolute Gasteiger partial charge is 0.496 e. The number of fused-ring (bicyclic) bond motifs is 1. The van der Waals surface area contributed by atoms with E-state index in [0.717, 1.165) is 16.5 Å². The molecule has 0 aliphatic carbocycles. The van der Waals surface area contributed by atoms with Gasteiger partial charge in [0.1, 0.15) is 5.75 Å². The van der Waals surface area contributed by atoms with Crippen molar-refractivity contribution in [2.45, 2.75) is 17.5 Å². The van der Waals surface area contributed by atoms with Crippen molar-refractivity contribution in [3.63, 3.8) is 0 Å². The number of allylic oxidation sites excluding steroid dienone is 1. The molecule has 0 unspecified atom stereocenters. The summed E-state index contributed by atoms with van der Waals surface area (Å²) in [5.74, 6) is 2.21. The molecule has 0 aliphatic rings. The van der Waals surface area contributed by atoms with Crippen molar-refractivity contribution in [2.24, 2.45) is 0 Å². The van der Waals surface area contributed by atoms with E-state index < -0.39 is 0 Å². The maximum Gasteiger partial charge on any atom is 0.192 e. The molecule has 29 heavy (non-hydrogen) atoms. The van der Waals surface area contributed by atoms with Gasteiger partial charge < -0.3 is 4.74 Å². The van der Waals surface area contributed by atoms with Gasteiger partial charge in [-0.3, -0.25) is 4.57 Å². The smallest absolute Gasteiger partial charge is 0.192 e. The zero-order valence-electron chi connectivity index (χ0n) is 16.0. The SMILES string of the molecule is C=CCn1c(SCc2cccc3ccccc23)nnc1-c1cc(Cl)ccc1OC. The molecule has 0 aliphatic heterocycles. The summed E-state index contributed by atoms with van der Waals surface area (Å²) in [4.78, 5) is 0. The highest BCUT2D eigenvalue weighted by Crippen LogP contribution is 2.34. The molecule has 4 aromatic rings. The van der Waals surface area contributed by atoms with Crippen LogP contribution in [0.25, 0.3) is 22.2 Å². The van der Waals surface area contributed by atoms with Gasteiger partial charge in [0.2, 0.25) is 0 Å². The second kappa shape index (κ2) is 8.72. The molecule has 0 saturated heterocycles. The lowest BCUT2D eigenvalue weighted by Gasteiger charge is -2.11. The molecule has 1 heterocycles. The Hall–Kier alpha value is -2.76. The normalized spacial score (nSPS) is 11.0. The number of nitrogens with zero attached hydrogens (tertiary/aromatic N) is 3. The van der Waals surface area contributed by atoms with Gasteiger partial charge in [-0.05, 0) is 34.5 Å². The van der Waals surface area contributed by atoms with Crippen LogP contribution >= 0.6 is 23.4 Å². The standard InChI is InChI=1S/C23H20ClN3OS/c1-3-13-27-22(20-14-18(24)11-12-21(20)28-2)25-26-23(27)29-15-17-9-6-8-16-7-4-5-10-19(16)17/h3-12,14H,1,13,15H2,2H3. The first kappa shape index (κ1) is 19.6. The van der Waals surface area contributed by atoms with Gasteiger partial charge in [0.15, 0.2) is 11.0 Å². The lowest BCUT2D eigenvalue weighted by Crippen LogP contribution is -2.02. The van der Waals surface area contributed by atoms with Gasteiger partial charge >= 0.3 is 0 Å². The zero-order chi connectivity index (χ0) is 20.2. The summed E-state index contributed by atoms with van der Waals surface area (Å²) in [6, 6.07) is 20.3. The predicted octanol–water partition coefficient (Wildman–Crippen LogP) is 6.24. The van der Waals surface area contributed by atoms with E-state index >= 15 is 0 Å². The van der Waals surface area contributed by atoms with Crippen molar-refractivity contribution >= 4 is 34.1 Å². The summed E-state index contributed by atoms with van der Waals surface area (Å²) in [5, 5.41) is 12.8. The highest BCUT2D eigenvalue weighted by atomic mass is 35.5. The number of benzene rings is 3. The molecule has 0 fully saturated rings. The lowest BCUT2D eigenvalue weighted by molar-refractivity contribution is 0.416. The van der Waals surface area contributed by atoms with Crippen molar-refractivity contribution in [1.82, 2.24) is 14.8 Å². The van der Waals surface area contributed by atoms with Crippen molar-refractivity contribution in [3.05, 3.63) is 83.9 Å². The summed E-state index contributed by atoms with van der Waals surface area (Å²) in [6.45, 7) is 4.48. The van der Waals surface area contributed by atoms with Crippen molar-refractivity contribution in [1.29, 1.82) is 0 Å². The van der Waals surface area contributed by atoms with Gasteiger partial charge in [-0.2, -0.15) is 0 Å². The number of aromatic nitrogens is 3. The summed E-state index contributed by atoms with van der Waals surface area (Å²) < 4.78 is 7.54. The Balaban J connectivity index is 1.69. The number of ether oxygens (including phenoxy) is 1.